The second-order valence-electron chi connectivity index (χ2n) is 6.38. The molecule has 0 bridgehead atoms. The molecule has 0 saturated carbocycles. The van der Waals surface area contributed by atoms with Crippen molar-refractivity contribution in [3.05, 3.63) is 29.8 Å². The second kappa shape index (κ2) is 8.35. The van der Waals surface area contributed by atoms with Gasteiger partial charge in [-0.05, 0) is 24.6 Å². The Balaban J connectivity index is 1.36. The predicted molar refractivity (Wildman–Crippen MR) is 92.5 cm³/mol. The summed E-state index contributed by atoms with van der Waals surface area (Å²) in [6.45, 7) is 9.78. The van der Waals surface area contributed by atoms with Crippen molar-refractivity contribution in [2.45, 2.75) is 6.92 Å². The number of carbonyl (C=O) groups is 1. The first-order valence-electron chi connectivity index (χ1n) is 8.76. The highest BCUT2D eigenvalue weighted by Gasteiger charge is 2.26. The summed E-state index contributed by atoms with van der Waals surface area (Å²) >= 11 is 0. The normalized spacial score (nSPS) is 19.4. The van der Waals surface area contributed by atoms with Gasteiger partial charge in [0.2, 0.25) is 0 Å². The van der Waals surface area contributed by atoms with Crippen molar-refractivity contribution in [2.24, 2.45) is 0 Å². The summed E-state index contributed by atoms with van der Waals surface area (Å²) in [6, 6.07) is 8.29. The van der Waals surface area contributed by atoms with Gasteiger partial charge in [0.15, 0.2) is 0 Å². The summed E-state index contributed by atoms with van der Waals surface area (Å²) < 4.78 is 11.1. The van der Waals surface area contributed by atoms with Gasteiger partial charge in [-0.1, -0.05) is 12.1 Å². The zero-order valence-electron chi connectivity index (χ0n) is 14.4. The van der Waals surface area contributed by atoms with E-state index in [1.165, 1.54) is 5.56 Å². The summed E-state index contributed by atoms with van der Waals surface area (Å²) in [7, 11) is 0. The quantitative estimate of drug-likeness (QED) is 0.836. The lowest BCUT2D eigenvalue weighted by Gasteiger charge is -2.38. The average Bonchev–Trinajstić information content (AvgIpc) is 2.63. The summed E-state index contributed by atoms with van der Waals surface area (Å²) in [5.74, 6) is 0.927. The van der Waals surface area contributed by atoms with Crippen LogP contribution in [0.25, 0.3) is 0 Å². The van der Waals surface area contributed by atoms with E-state index in [0.717, 1.165) is 38.5 Å². The smallest absolute Gasteiger partial charge is 0.320 e. The number of hydrogen-bond acceptors (Lipinski definition) is 4. The average molecular weight is 333 g/mol. The Morgan fingerprint density at radius 2 is 1.79 bits per heavy atom. The molecule has 2 heterocycles. The van der Waals surface area contributed by atoms with Crippen molar-refractivity contribution in [2.75, 3.05) is 65.6 Å². The SMILES string of the molecule is Cc1cccc(OCCN2CCN(C(=O)N3CCOCC3)CC2)c1. The summed E-state index contributed by atoms with van der Waals surface area (Å²) in [5.41, 5.74) is 1.21. The monoisotopic (exact) mass is 333 g/mol. The second-order valence-corrected chi connectivity index (χ2v) is 6.38. The fourth-order valence-corrected chi connectivity index (χ4v) is 3.12. The Morgan fingerprint density at radius 1 is 1.08 bits per heavy atom. The van der Waals surface area contributed by atoms with Crippen LogP contribution in [-0.4, -0.2) is 86.4 Å². The van der Waals surface area contributed by atoms with E-state index in [0.29, 0.717) is 32.9 Å². The Bertz CT molecular complexity index is 538. The Kier molecular flexibility index (Phi) is 5.93. The van der Waals surface area contributed by atoms with Crippen LogP contribution in [0.4, 0.5) is 4.79 Å². The number of nitrogens with zero attached hydrogens (tertiary/aromatic N) is 3. The molecule has 2 aliphatic rings. The first-order chi connectivity index (χ1) is 11.7. The maximum absolute atomic E-state index is 12.4. The minimum Gasteiger partial charge on any atom is -0.492 e. The Hall–Kier alpha value is -1.79. The topological polar surface area (TPSA) is 45.2 Å². The van der Waals surface area contributed by atoms with E-state index in [2.05, 4.69) is 24.0 Å². The van der Waals surface area contributed by atoms with E-state index >= 15 is 0 Å². The molecule has 0 radical (unpaired) electrons. The van der Waals surface area contributed by atoms with Crippen molar-refractivity contribution < 1.29 is 14.3 Å². The van der Waals surface area contributed by atoms with Crippen molar-refractivity contribution in [1.29, 1.82) is 0 Å². The van der Waals surface area contributed by atoms with Crippen molar-refractivity contribution >= 4 is 6.03 Å². The molecule has 24 heavy (non-hydrogen) atoms. The van der Waals surface area contributed by atoms with Crippen LogP contribution in [-0.2, 0) is 4.74 Å². The van der Waals surface area contributed by atoms with Crippen molar-refractivity contribution in [3.63, 3.8) is 0 Å². The molecule has 1 aromatic rings. The van der Waals surface area contributed by atoms with Crippen molar-refractivity contribution in [1.82, 2.24) is 14.7 Å². The molecule has 132 valence electrons. The van der Waals surface area contributed by atoms with Crippen LogP contribution in [0.2, 0.25) is 0 Å². The van der Waals surface area contributed by atoms with E-state index in [-0.39, 0.29) is 6.03 Å². The number of benzene rings is 1. The molecule has 0 unspecified atom stereocenters. The van der Waals surface area contributed by atoms with Gasteiger partial charge in [-0.2, -0.15) is 0 Å². The third kappa shape index (κ3) is 4.61. The van der Waals surface area contributed by atoms with Gasteiger partial charge in [0, 0.05) is 45.8 Å². The number of piperazine rings is 1. The summed E-state index contributed by atoms with van der Waals surface area (Å²) in [4.78, 5) is 18.7. The van der Waals surface area contributed by atoms with E-state index in [9.17, 15) is 4.79 Å². The van der Waals surface area contributed by atoms with Crippen LogP contribution in [0.15, 0.2) is 24.3 Å². The Labute approximate surface area is 143 Å². The molecule has 2 amide bonds. The number of amides is 2. The highest BCUT2D eigenvalue weighted by molar-refractivity contribution is 5.74. The standard InChI is InChI=1S/C18H27N3O3/c1-16-3-2-4-17(15-16)24-14-9-19-5-7-20(8-6-19)18(22)21-10-12-23-13-11-21/h2-4,15H,5-14H2,1H3. The largest absolute Gasteiger partial charge is 0.492 e. The van der Waals surface area contributed by atoms with E-state index in [1.54, 1.807) is 0 Å². The number of aryl methyl sites for hydroxylation is 1. The third-order valence-electron chi connectivity index (χ3n) is 4.59. The van der Waals surface area contributed by atoms with Crippen molar-refractivity contribution in [3.8, 4) is 5.75 Å². The molecule has 2 fully saturated rings. The highest BCUT2D eigenvalue weighted by Crippen LogP contribution is 2.13. The first kappa shape index (κ1) is 17.0. The molecule has 0 atom stereocenters. The van der Waals surface area contributed by atoms with Gasteiger partial charge >= 0.3 is 6.03 Å². The molecule has 1 aromatic carbocycles. The van der Waals surface area contributed by atoms with Crippen LogP contribution in [0, 0.1) is 6.92 Å². The molecule has 3 rings (SSSR count). The number of morpholine rings is 1. The minimum absolute atomic E-state index is 0.161. The lowest BCUT2D eigenvalue weighted by Crippen LogP contribution is -2.55. The molecule has 6 nitrogen and oxygen atoms in total. The molecular formula is C18H27N3O3. The van der Waals surface area contributed by atoms with Gasteiger partial charge in [0.05, 0.1) is 13.2 Å². The predicted octanol–water partition coefficient (Wildman–Crippen LogP) is 1.44. The zero-order valence-corrected chi connectivity index (χ0v) is 14.4. The number of rotatable bonds is 4. The lowest BCUT2D eigenvalue weighted by molar-refractivity contribution is 0.0370. The summed E-state index contributed by atoms with van der Waals surface area (Å²) in [5, 5.41) is 0. The fraction of sp³-hybridized carbons (Fsp3) is 0.611. The van der Waals surface area contributed by atoms with Gasteiger partial charge in [-0.3, -0.25) is 4.90 Å². The zero-order chi connectivity index (χ0) is 16.8. The van der Waals surface area contributed by atoms with E-state index < -0.39 is 0 Å². The molecule has 0 N–H and O–H groups in total. The maximum atomic E-state index is 12.4. The van der Waals surface area contributed by atoms with Gasteiger partial charge in [-0.25, -0.2) is 4.79 Å². The van der Waals surface area contributed by atoms with E-state index in [4.69, 9.17) is 9.47 Å². The lowest BCUT2D eigenvalue weighted by atomic mass is 10.2. The molecule has 0 spiro atoms. The van der Waals surface area contributed by atoms with Crippen LogP contribution >= 0.6 is 0 Å². The van der Waals surface area contributed by atoms with Crippen LogP contribution in [0.1, 0.15) is 5.56 Å². The first-order valence-corrected chi connectivity index (χ1v) is 8.76. The minimum atomic E-state index is 0.161. The fourth-order valence-electron chi connectivity index (χ4n) is 3.12. The van der Waals surface area contributed by atoms with Gasteiger partial charge in [0.1, 0.15) is 12.4 Å². The van der Waals surface area contributed by atoms with Crippen LogP contribution in [0.3, 0.4) is 0 Å². The molecule has 2 saturated heterocycles. The number of urea groups is 1. The van der Waals surface area contributed by atoms with Gasteiger partial charge in [0.25, 0.3) is 0 Å². The van der Waals surface area contributed by atoms with E-state index in [1.807, 2.05) is 21.9 Å². The number of ether oxygens (including phenoxy) is 2. The van der Waals surface area contributed by atoms with Crippen LogP contribution in [0.5, 0.6) is 5.75 Å². The highest BCUT2D eigenvalue weighted by atomic mass is 16.5. The maximum Gasteiger partial charge on any atom is 0.320 e. The molecular weight excluding hydrogens is 306 g/mol. The Morgan fingerprint density at radius 3 is 2.50 bits per heavy atom. The third-order valence-corrected chi connectivity index (χ3v) is 4.59. The molecule has 6 heteroatoms. The molecule has 0 aromatic heterocycles. The number of hydrogen-bond donors (Lipinski definition) is 0. The van der Waals surface area contributed by atoms with Gasteiger partial charge in [-0.15, -0.1) is 0 Å². The molecule has 2 aliphatic heterocycles. The van der Waals surface area contributed by atoms with Crippen LogP contribution < -0.4 is 4.74 Å². The summed E-state index contributed by atoms with van der Waals surface area (Å²) in [6.07, 6.45) is 0. The molecule has 0 aliphatic carbocycles. The number of carbonyl (C=O) groups excluding carboxylic acids is 1. The van der Waals surface area contributed by atoms with Gasteiger partial charge < -0.3 is 19.3 Å².